The molecule has 2 amide bonds. The maximum absolute atomic E-state index is 12.9. The molecule has 1 saturated heterocycles. The highest BCUT2D eigenvalue weighted by molar-refractivity contribution is 6.00. The molecule has 0 unspecified atom stereocenters. The van der Waals surface area contributed by atoms with Gasteiger partial charge in [0, 0.05) is 26.7 Å². The average molecular weight is 541 g/mol. The molecule has 2 N–H and O–H groups in total. The van der Waals surface area contributed by atoms with Crippen LogP contribution in [0.3, 0.4) is 0 Å². The molecule has 0 bridgehead atoms. The highest BCUT2D eigenvalue weighted by Gasteiger charge is 2.40. The second-order valence-electron chi connectivity index (χ2n) is 12.5. The average Bonchev–Trinajstić information content (AvgIpc) is 2.90. The van der Waals surface area contributed by atoms with E-state index in [0.717, 1.165) is 19.3 Å². The van der Waals surface area contributed by atoms with Gasteiger partial charge in [-0.05, 0) is 95.8 Å². The minimum Gasteiger partial charge on any atom is -0.477 e. The minimum absolute atomic E-state index is 0.0251. The first kappa shape index (κ1) is 28.9. The molecule has 1 aromatic rings. The number of carbonyl (C=O) groups excluding carboxylic acids is 2. The van der Waals surface area contributed by atoms with Gasteiger partial charge < -0.3 is 25.0 Å². The van der Waals surface area contributed by atoms with E-state index in [1.54, 1.807) is 11.9 Å². The Hall–Kier alpha value is -3.09. The Kier molecular flexibility index (Phi) is 9.19. The van der Waals surface area contributed by atoms with Gasteiger partial charge in [0.05, 0.1) is 6.61 Å². The van der Waals surface area contributed by atoms with E-state index in [4.69, 9.17) is 9.47 Å². The van der Waals surface area contributed by atoms with Crippen LogP contribution in [0.1, 0.15) is 101 Å². The normalized spacial score (nSPS) is 19.6. The van der Waals surface area contributed by atoms with Crippen molar-refractivity contribution in [3.63, 3.8) is 0 Å². The molecule has 10 nitrogen and oxygen atoms in total. The Balaban J connectivity index is 1.33. The number of nitrogens with one attached hydrogen (secondary N) is 2. The summed E-state index contributed by atoms with van der Waals surface area (Å²) in [5.74, 6) is 1.01. The fourth-order valence-electron chi connectivity index (χ4n) is 6.02. The van der Waals surface area contributed by atoms with Crippen LogP contribution >= 0.6 is 0 Å². The third kappa shape index (κ3) is 7.52. The molecule has 1 aliphatic heterocycles. The van der Waals surface area contributed by atoms with Gasteiger partial charge >= 0.3 is 6.09 Å². The minimum atomic E-state index is -0.507. The Bertz CT molecular complexity index is 1060. The van der Waals surface area contributed by atoms with Crippen molar-refractivity contribution in [1.29, 1.82) is 5.26 Å². The summed E-state index contributed by atoms with van der Waals surface area (Å²) in [7, 11) is 1.56. The molecular formula is C29H44N6O4. The number of amides is 2. The molecule has 10 heteroatoms. The third-order valence-corrected chi connectivity index (χ3v) is 8.60. The molecule has 2 saturated carbocycles. The predicted octanol–water partition coefficient (Wildman–Crippen LogP) is 4.90. The van der Waals surface area contributed by atoms with E-state index in [-0.39, 0.29) is 29.3 Å². The van der Waals surface area contributed by atoms with Crippen LogP contribution in [-0.2, 0) is 4.74 Å². The van der Waals surface area contributed by atoms with Crippen molar-refractivity contribution in [3.05, 3.63) is 11.4 Å². The van der Waals surface area contributed by atoms with Crippen LogP contribution in [0.5, 0.6) is 5.88 Å². The number of carbonyl (C=O) groups is 2. The molecule has 0 aromatic carbocycles. The quantitative estimate of drug-likeness (QED) is 0.476. The van der Waals surface area contributed by atoms with Crippen molar-refractivity contribution in [2.24, 2.45) is 17.3 Å². The van der Waals surface area contributed by atoms with Crippen LogP contribution in [0.25, 0.3) is 0 Å². The van der Waals surface area contributed by atoms with Gasteiger partial charge in [0.25, 0.3) is 5.91 Å². The van der Waals surface area contributed by atoms with Crippen molar-refractivity contribution in [2.45, 2.75) is 90.6 Å². The number of rotatable bonds is 8. The Morgan fingerprint density at radius 2 is 1.77 bits per heavy atom. The van der Waals surface area contributed by atoms with Crippen LogP contribution in [0.15, 0.2) is 0 Å². The first-order chi connectivity index (χ1) is 18.6. The van der Waals surface area contributed by atoms with Crippen molar-refractivity contribution in [2.75, 3.05) is 38.6 Å². The molecule has 39 heavy (non-hydrogen) atoms. The number of nitriles is 1. The van der Waals surface area contributed by atoms with Crippen LogP contribution in [0.4, 0.5) is 10.6 Å². The van der Waals surface area contributed by atoms with Crippen LogP contribution in [-0.4, -0.2) is 65.8 Å². The number of piperidine rings is 1. The Morgan fingerprint density at radius 3 is 2.33 bits per heavy atom. The van der Waals surface area contributed by atoms with Gasteiger partial charge in [0.1, 0.15) is 23.1 Å². The number of likely N-dealkylation sites (tertiary alicyclic amines) is 1. The topological polar surface area (TPSA) is 129 Å². The molecule has 1 aromatic heterocycles. The molecule has 0 atom stereocenters. The number of hydrogen-bond donors (Lipinski definition) is 2. The molecular weight excluding hydrogens is 496 g/mol. The fourth-order valence-corrected chi connectivity index (χ4v) is 6.02. The molecule has 2 heterocycles. The Labute approximate surface area is 232 Å². The van der Waals surface area contributed by atoms with Gasteiger partial charge in [0.2, 0.25) is 11.7 Å². The predicted molar refractivity (Wildman–Crippen MR) is 148 cm³/mol. The van der Waals surface area contributed by atoms with E-state index in [0.29, 0.717) is 49.3 Å². The molecule has 1 spiro atoms. The number of ether oxygens (including phenoxy) is 2. The summed E-state index contributed by atoms with van der Waals surface area (Å²) >= 11 is 0. The fraction of sp³-hybridized carbons (Fsp3) is 0.759. The molecule has 214 valence electrons. The van der Waals surface area contributed by atoms with Gasteiger partial charge in [-0.15, -0.1) is 0 Å². The van der Waals surface area contributed by atoms with Crippen LogP contribution < -0.4 is 15.4 Å². The Morgan fingerprint density at radius 1 is 1.08 bits per heavy atom. The van der Waals surface area contributed by atoms with Crippen LogP contribution in [0.2, 0.25) is 0 Å². The lowest BCUT2D eigenvalue weighted by molar-refractivity contribution is 0.0177. The van der Waals surface area contributed by atoms with E-state index in [9.17, 15) is 14.9 Å². The molecule has 0 radical (unpaired) electrons. The van der Waals surface area contributed by atoms with Gasteiger partial charge in [-0.3, -0.25) is 4.79 Å². The first-order valence-electron chi connectivity index (χ1n) is 14.5. The maximum Gasteiger partial charge on any atom is 0.410 e. The summed E-state index contributed by atoms with van der Waals surface area (Å²) in [6, 6.07) is 2.00. The zero-order valence-corrected chi connectivity index (χ0v) is 24.0. The van der Waals surface area contributed by atoms with Crippen molar-refractivity contribution >= 4 is 17.8 Å². The number of aromatic nitrogens is 2. The summed E-state index contributed by atoms with van der Waals surface area (Å²) in [5.41, 5.74) is 0.329. The van der Waals surface area contributed by atoms with Gasteiger partial charge in [-0.2, -0.15) is 10.2 Å². The maximum atomic E-state index is 12.9. The SMILES string of the molecule is CNC(=O)c1c(NCC2CCC3(CCC3)CC2)nc(C#N)nc1OCCC1CCN(C(=O)OC(C)(C)C)CC1. The van der Waals surface area contributed by atoms with Crippen molar-refractivity contribution in [3.8, 4) is 11.9 Å². The van der Waals surface area contributed by atoms with E-state index >= 15 is 0 Å². The summed E-state index contributed by atoms with van der Waals surface area (Å²) in [5, 5.41) is 15.6. The highest BCUT2D eigenvalue weighted by atomic mass is 16.6. The monoisotopic (exact) mass is 540 g/mol. The molecule has 4 rings (SSSR count). The van der Waals surface area contributed by atoms with E-state index in [2.05, 4.69) is 20.6 Å². The second kappa shape index (κ2) is 12.4. The zero-order valence-electron chi connectivity index (χ0n) is 24.0. The van der Waals surface area contributed by atoms with E-state index in [1.165, 1.54) is 44.9 Å². The lowest BCUT2D eigenvalue weighted by Crippen LogP contribution is -2.41. The molecule has 2 aliphatic carbocycles. The highest BCUT2D eigenvalue weighted by Crippen LogP contribution is 2.52. The van der Waals surface area contributed by atoms with Gasteiger partial charge in [-0.25, -0.2) is 9.78 Å². The standard InChI is InChI=1S/C29H44N6O4/c1-28(2,3)39-27(37)35-15-8-20(9-16-35)10-17-38-26-23(25(36)31-4)24(33-22(18-30)34-26)32-19-21-6-13-29(14-7-21)11-5-12-29/h20-21H,5-17,19H2,1-4H3,(H,31,36)(H,32,33,34). The first-order valence-corrected chi connectivity index (χ1v) is 14.5. The summed E-state index contributed by atoms with van der Waals surface area (Å²) < 4.78 is 11.5. The zero-order chi connectivity index (χ0) is 28.0. The molecule has 3 fully saturated rings. The van der Waals surface area contributed by atoms with Gasteiger partial charge in [-0.1, -0.05) is 6.42 Å². The van der Waals surface area contributed by atoms with E-state index in [1.807, 2.05) is 26.8 Å². The summed E-state index contributed by atoms with van der Waals surface area (Å²) in [4.78, 5) is 35.5. The number of hydrogen-bond acceptors (Lipinski definition) is 8. The van der Waals surface area contributed by atoms with Crippen molar-refractivity contribution < 1.29 is 19.1 Å². The van der Waals surface area contributed by atoms with E-state index < -0.39 is 5.60 Å². The number of anilines is 1. The third-order valence-electron chi connectivity index (χ3n) is 8.60. The largest absolute Gasteiger partial charge is 0.477 e. The number of nitrogens with zero attached hydrogens (tertiary/aromatic N) is 4. The smallest absolute Gasteiger partial charge is 0.410 e. The van der Waals surface area contributed by atoms with Gasteiger partial charge in [0.15, 0.2) is 0 Å². The molecule has 3 aliphatic rings. The van der Waals surface area contributed by atoms with Crippen molar-refractivity contribution in [1.82, 2.24) is 20.2 Å². The second-order valence-corrected chi connectivity index (χ2v) is 12.5. The lowest BCUT2D eigenvalue weighted by Gasteiger charge is -2.47. The summed E-state index contributed by atoms with van der Waals surface area (Å²) in [6.07, 6.45) is 11.2. The van der Waals surface area contributed by atoms with Crippen LogP contribution in [0, 0.1) is 28.6 Å². The lowest BCUT2D eigenvalue weighted by atomic mass is 9.59. The summed E-state index contributed by atoms with van der Waals surface area (Å²) in [6.45, 7) is 7.96.